The Morgan fingerprint density at radius 2 is 0.625 bits per heavy atom. The van der Waals surface area contributed by atoms with Gasteiger partial charge in [-0.05, 0) is 94.6 Å². The summed E-state index contributed by atoms with van der Waals surface area (Å²) in [5.74, 6) is 0.694. The van der Waals surface area contributed by atoms with Crippen molar-refractivity contribution in [2.45, 2.75) is 0 Å². The first-order valence-corrected chi connectivity index (χ1v) is 14.7. The molecule has 0 aliphatic rings. The van der Waals surface area contributed by atoms with E-state index >= 15 is 0 Å². The van der Waals surface area contributed by atoms with E-state index in [4.69, 9.17) is 9.47 Å². The maximum atomic E-state index is 9.76. The summed E-state index contributed by atoms with van der Waals surface area (Å²) >= 11 is 0. The molecule has 0 unspecified atom stereocenters. The average molecular weight is 648 g/mol. The van der Waals surface area contributed by atoms with Crippen LogP contribution in [0.25, 0.3) is 0 Å². The smallest absolute Gasteiger partial charge is 0.488 e. The van der Waals surface area contributed by atoms with Crippen LogP contribution in [0, 0.1) is 0 Å². The number of methoxy groups -OCH3 is 2. The Kier molecular flexibility index (Phi) is 10.8. The molecule has 0 fully saturated rings. The lowest BCUT2D eigenvalue weighted by molar-refractivity contribution is 0.413. The van der Waals surface area contributed by atoms with Crippen LogP contribution in [0.15, 0.2) is 109 Å². The van der Waals surface area contributed by atoms with Crippen LogP contribution in [0.4, 0.5) is 34.1 Å². The fourth-order valence-electron chi connectivity index (χ4n) is 5.28. The number of nitrogens with zero attached hydrogens (tertiary/aromatic N) is 2. The van der Waals surface area contributed by atoms with Gasteiger partial charge in [0.2, 0.25) is 0 Å². The third-order valence-electron chi connectivity index (χ3n) is 7.75. The third kappa shape index (κ3) is 7.36. The van der Waals surface area contributed by atoms with Gasteiger partial charge in [0.15, 0.2) is 0 Å². The van der Waals surface area contributed by atoms with Crippen LogP contribution >= 0.6 is 0 Å². The van der Waals surface area contributed by atoms with Crippen LogP contribution in [0.1, 0.15) is 0 Å². The third-order valence-corrected chi connectivity index (χ3v) is 7.75. The van der Waals surface area contributed by atoms with Crippen LogP contribution in [0.2, 0.25) is 0 Å². The first-order chi connectivity index (χ1) is 23.0. The molecule has 242 valence electrons. The molecule has 0 saturated carbocycles. The minimum atomic E-state index is -1.71. The molecule has 0 saturated heterocycles. The SMILES string of the molecule is COc1cc(B(O)O)ccc1N(c1ccc(B(O)O)cc1)c1ccc(N(c2ccc(B(O)O)cc2)c2ccc(B(O)O)cc2OC)cc1. The molecule has 0 amide bonds. The van der Waals surface area contributed by atoms with E-state index in [0.29, 0.717) is 56.5 Å². The molecule has 5 aromatic rings. The van der Waals surface area contributed by atoms with Gasteiger partial charge in [0.25, 0.3) is 0 Å². The fourth-order valence-corrected chi connectivity index (χ4v) is 5.28. The fraction of sp³-hybridized carbons (Fsp3) is 0.0625. The first-order valence-electron chi connectivity index (χ1n) is 14.7. The van der Waals surface area contributed by atoms with Crippen molar-refractivity contribution in [2.24, 2.45) is 0 Å². The highest BCUT2D eigenvalue weighted by Gasteiger charge is 2.24. The van der Waals surface area contributed by atoms with E-state index in [0.717, 1.165) is 0 Å². The van der Waals surface area contributed by atoms with Crippen LogP contribution in [0.5, 0.6) is 11.5 Å². The molecule has 0 bridgehead atoms. The monoisotopic (exact) mass is 648 g/mol. The molecule has 0 aliphatic heterocycles. The van der Waals surface area contributed by atoms with E-state index in [2.05, 4.69) is 0 Å². The number of hydrogen-bond donors (Lipinski definition) is 8. The summed E-state index contributed by atoms with van der Waals surface area (Å²) < 4.78 is 11.3. The number of ether oxygens (including phenoxy) is 2. The summed E-state index contributed by atoms with van der Waals surface area (Å²) in [6, 6.07) is 30.0. The standard InChI is InChI=1S/C32H32B4N2O10/c1-47-31-19-23(35(43)44)7-17-29(31)37(25-9-3-21(4-10-25)33(39)40)27-13-15-28(16-14-27)38(26-11-5-22(6-12-26)34(41)42)30-18-8-24(36(45)46)20-32(30)48-2/h3-20,39-46H,1-2H3. The van der Waals surface area contributed by atoms with Gasteiger partial charge in [-0.2, -0.15) is 0 Å². The summed E-state index contributed by atoms with van der Waals surface area (Å²) in [6.07, 6.45) is 0. The van der Waals surface area contributed by atoms with Gasteiger partial charge in [0, 0.05) is 22.7 Å². The van der Waals surface area contributed by atoms with Gasteiger partial charge >= 0.3 is 28.5 Å². The van der Waals surface area contributed by atoms with Crippen molar-refractivity contribution in [3.63, 3.8) is 0 Å². The second kappa shape index (κ2) is 15.0. The topological polar surface area (TPSA) is 187 Å². The lowest BCUT2D eigenvalue weighted by atomic mass is 9.80. The quantitative estimate of drug-likeness (QED) is 0.0803. The van der Waals surface area contributed by atoms with Crippen molar-refractivity contribution in [2.75, 3.05) is 24.0 Å². The van der Waals surface area contributed by atoms with Gasteiger partial charge in [0.05, 0.1) is 25.6 Å². The maximum absolute atomic E-state index is 9.76. The zero-order valence-corrected chi connectivity index (χ0v) is 26.0. The molecule has 0 aromatic heterocycles. The van der Waals surface area contributed by atoms with Crippen molar-refractivity contribution in [1.29, 1.82) is 0 Å². The summed E-state index contributed by atoms with van der Waals surface area (Å²) in [4.78, 5) is 3.70. The summed E-state index contributed by atoms with van der Waals surface area (Å²) in [5, 5.41) is 77.7. The van der Waals surface area contributed by atoms with Gasteiger partial charge in [-0.25, -0.2) is 0 Å². The van der Waals surface area contributed by atoms with Crippen LogP contribution < -0.4 is 41.1 Å². The van der Waals surface area contributed by atoms with E-state index in [1.54, 1.807) is 72.8 Å². The maximum Gasteiger partial charge on any atom is 0.488 e. The molecule has 0 aliphatic carbocycles. The highest BCUT2D eigenvalue weighted by molar-refractivity contribution is 6.59. The average Bonchev–Trinajstić information content (AvgIpc) is 3.09. The normalized spacial score (nSPS) is 10.7. The van der Waals surface area contributed by atoms with E-state index in [9.17, 15) is 40.2 Å². The van der Waals surface area contributed by atoms with E-state index in [1.807, 2.05) is 34.1 Å². The molecule has 5 aromatic carbocycles. The van der Waals surface area contributed by atoms with Crippen molar-refractivity contribution < 1.29 is 49.7 Å². The molecule has 16 heteroatoms. The zero-order valence-electron chi connectivity index (χ0n) is 26.0. The molecule has 0 atom stereocenters. The predicted octanol–water partition coefficient (Wildman–Crippen LogP) is -0.637. The summed E-state index contributed by atoms with van der Waals surface area (Å²) in [6.45, 7) is 0. The minimum absolute atomic E-state index is 0.230. The Labute approximate surface area is 278 Å². The zero-order chi connectivity index (χ0) is 34.5. The summed E-state index contributed by atoms with van der Waals surface area (Å²) in [5.41, 5.74) is 4.76. The highest BCUT2D eigenvalue weighted by Crippen LogP contribution is 2.43. The molecule has 8 N–H and O–H groups in total. The molecule has 0 spiro atoms. The predicted molar refractivity (Wildman–Crippen MR) is 188 cm³/mol. The van der Waals surface area contributed by atoms with Crippen molar-refractivity contribution in [3.8, 4) is 11.5 Å². The number of rotatable bonds is 12. The highest BCUT2D eigenvalue weighted by atomic mass is 16.5. The molecule has 5 rings (SSSR count). The minimum Gasteiger partial charge on any atom is -0.495 e. The van der Waals surface area contributed by atoms with Crippen LogP contribution in [-0.2, 0) is 0 Å². The molecule has 12 nitrogen and oxygen atoms in total. The van der Waals surface area contributed by atoms with Crippen LogP contribution in [0.3, 0.4) is 0 Å². The van der Waals surface area contributed by atoms with Gasteiger partial charge in [-0.1, -0.05) is 36.4 Å². The van der Waals surface area contributed by atoms with Crippen molar-refractivity contribution >= 4 is 84.4 Å². The molecular weight excluding hydrogens is 616 g/mol. The first kappa shape index (κ1) is 34.6. The Balaban J connectivity index is 1.65. The largest absolute Gasteiger partial charge is 0.495 e. The second-order valence-electron chi connectivity index (χ2n) is 10.7. The van der Waals surface area contributed by atoms with E-state index in [1.165, 1.54) is 26.4 Å². The number of benzene rings is 5. The molecule has 48 heavy (non-hydrogen) atoms. The van der Waals surface area contributed by atoms with Gasteiger partial charge in [-0.3, -0.25) is 0 Å². The molecule has 0 heterocycles. The lowest BCUT2D eigenvalue weighted by Crippen LogP contribution is -2.30. The van der Waals surface area contributed by atoms with Crippen LogP contribution in [-0.4, -0.2) is 82.9 Å². The Morgan fingerprint density at radius 3 is 0.875 bits per heavy atom. The van der Waals surface area contributed by atoms with Crippen molar-refractivity contribution in [3.05, 3.63) is 109 Å². The van der Waals surface area contributed by atoms with E-state index in [-0.39, 0.29) is 10.9 Å². The second-order valence-corrected chi connectivity index (χ2v) is 10.7. The van der Waals surface area contributed by atoms with E-state index < -0.39 is 28.5 Å². The lowest BCUT2D eigenvalue weighted by Gasteiger charge is -2.30. The Hall–Kier alpha value is -4.76. The van der Waals surface area contributed by atoms with Gasteiger partial charge < -0.3 is 59.5 Å². The number of anilines is 6. The van der Waals surface area contributed by atoms with Gasteiger partial charge in [-0.15, -0.1) is 0 Å². The van der Waals surface area contributed by atoms with Crippen molar-refractivity contribution in [1.82, 2.24) is 0 Å². The molecule has 0 radical (unpaired) electrons. The number of hydrogen-bond acceptors (Lipinski definition) is 12. The summed E-state index contributed by atoms with van der Waals surface area (Å²) in [7, 11) is -3.80. The Morgan fingerprint density at radius 1 is 0.375 bits per heavy atom. The van der Waals surface area contributed by atoms with Gasteiger partial charge in [0.1, 0.15) is 11.5 Å². The Bertz CT molecular complexity index is 1690. The molecular formula is C32H32B4N2O10.